The van der Waals surface area contributed by atoms with E-state index in [0.29, 0.717) is 18.7 Å². The molecule has 0 aromatic carbocycles. The lowest BCUT2D eigenvalue weighted by molar-refractivity contribution is 0.104. The Morgan fingerprint density at radius 1 is 1.47 bits per heavy atom. The topological polar surface area (TPSA) is 66.0 Å². The first-order chi connectivity index (χ1) is 9.22. The molecule has 108 valence electrons. The second-order valence-electron chi connectivity index (χ2n) is 5.19. The van der Waals surface area contributed by atoms with Gasteiger partial charge in [-0.2, -0.15) is 0 Å². The predicted molar refractivity (Wildman–Crippen MR) is 77.2 cm³/mol. The van der Waals surface area contributed by atoms with E-state index in [1.807, 2.05) is 0 Å². The number of aromatic nitrogens is 3. The van der Waals surface area contributed by atoms with Crippen LogP contribution in [0.1, 0.15) is 51.4 Å². The van der Waals surface area contributed by atoms with E-state index < -0.39 is 0 Å². The monoisotopic (exact) mass is 284 g/mol. The van der Waals surface area contributed by atoms with Crippen LogP contribution in [0.5, 0.6) is 0 Å². The van der Waals surface area contributed by atoms with Crippen LogP contribution in [0, 0.1) is 0 Å². The highest BCUT2D eigenvalue weighted by molar-refractivity contribution is 7.99. The van der Waals surface area contributed by atoms with Crippen molar-refractivity contribution in [2.45, 2.75) is 63.4 Å². The van der Waals surface area contributed by atoms with Crippen molar-refractivity contribution >= 4 is 11.8 Å². The van der Waals surface area contributed by atoms with Gasteiger partial charge in [-0.15, -0.1) is 10.2 Å². The highest BCUT2D eigenvalue weighted by Gasteiger charge is 2.16. The Morgan fingerprint density at radius 2 is 2.32 bits per heavy atom. The van der Waals surface area contributed by atoms with E-state index in [0.717, 1.165) is 36.2 Å². The van der Waals surface area contributed by atoms with Crippen molar-refractivity contribution in [2.24, 2.45) is 5.73 Å². The third-order valence-electron chi connectivity index (χ3n) is 3.36. The van der Waals surface area contributed by atoms with Crippen molar-refractivity contribution in [3.8, 4) is 0 Å². The van der Waals surface area contributed by atoms with Crippen molar-refractivity contribution in [2.75, 3.05) is 12.4 Å². The van der Waals surface area contributed by atoms with E-state index in [1.54, 1.807) is 11.8 Å². The highest BCUT2D eigenvalue weighted by Crippen LogP contribution is 2.24. The average Bonchev–Trinajstić information content (AvgIpc) is 3.03. The molecule has 5 nitrogen and oxygen atoms in total. The minimum Gasteiger partial charge on any atom is -0.378 e. The zero-order chi connectivity index (χ0) is 13.7. The van der Waals surface area contributed by atoms with Gasteiger partial charge in [0, 0.05) is 18.4 Å². The second-order valence-corrected chi connectivity index (χ2v) is 6.25. The van der Waals surface area contributed by atoms with E-state index in [4.69, 9.17) is 10.5 Å². The van der Waals surface area contributed by atoms with E-state index in [9.17, 15) is 0 Å². The fraction of sp³-hybridized carbons (Fsp3) is 0.846. The van der Waals surface area contributed by atoms with Gasteiger partial charge in [-0.05, 0) is 39.5 Å². The maximum absolute atomic E-state index is 5.69. The standard InChI is InChI=1S/C13H24N4OS/c1-10(2)17-12(9-14)15-16-13(17)19-8-4-6-11-5-3-7-18-11/h10-11H,3-9,14H2,1-2H3. The summed E-state index contributed by atoms with van der Waals surface area (Å²) in [6.07, 6.45) is 5.26. The molecule has 1 saturated heterocycles. The Bertz CT molecular complexity index is 388. The van der Waals surface area contributed by atoms with Crippen LogP contribution >= 0.6 is 11.8 Å². The van der Waals surface area contributed by atoms with Gasteiger partial charge in [0.05, 0.1) is 12.6 Å². The van der Waals surface area contributed by atoms with Gasteiger partial charge in [0.2, 0.25) is 0 Å². The number of ether oxygens (including phenoxy) is 1. The fourth-order valence-electron chi connectivity index (χ4n) is 2.41. The summed E-state index contributed by atoms with van der Waals surface area (Å²) >= 11 is 1.77. The van der Waals surface area contributed by atoms with Gasteiger partial charge in [-0.3, -0.25) is 0 Å². The van der Waals surface area contributed by atoms with Crippen LogP contribution in [-0.4, -0.2) is 33.2 Å². The molecule has 1 aliphatic rings. The Kier molecular flexibility index (Phi) is 5.66. The van der Waals surface area contributed by atoms with Crippen LogP contribution in [0.3, 0.4) is 0 Å². The summed E-state index contributed by atoms with van der Waals surface area (Å²) in [5, 5.41) is 9.39. The zero-order valence-electron chi connectivity index (χ0n) is 11.8. The first-order valence-corrected chi connectivity index (χ1v) is 8.09. The molecule has 0 amide bonds. The summed E-state index contributed by atoms with van der Waals surface area (Å²) < 4.78 is 7.77. The van der Waals surface area contributed by atoms with Gasteiger partial charge in [-0.25, -0.2) is 0 Å². The van der Waals surface area contributed by atoms with Crippen LogP contribution < -0.4 is 5.73 Å². The SMILES string of the molecule is CC(C)n1c(CN)nnc1SCCCC1CCCO1. The van der Waals surface area contributed by atoms with Crippen LogP contribution in [0.2, 0.25) is 0 Å². The van der Waals surface area contributed by atoms with Crippen LogP contribution in [-0.2, 0) is 11.3 Å². The number of rotatable bonds is 7. The summed E-state index contributed by atoms with van der Waals surface area (Å²) in [6, 6.07) is 0.356. The molecular weight excluding hydrogens is 260 g/mol. The Morgan fingerprint density at radius 3 is 2.95 bits per heavy atom. The van der Waals surface area contributed by atoms with Gasteiger partial charge in [0.25, 0.3) is 0 Å². The highest BCUT2D eigenvalue weighted by atomic mass is 32.2. The molecule has 1 aromatic rings. The molecule has 2 rings (SSSR count). The molecule has 0 aliphatic carbocycles. The Balaban J connectivity index is 1.80. The summed E-state index contributed by atoms with van der Waals surface area (Å²) in [5.41, 5.74) is 5.69. The summed E-state index contributed by atoms with van der Waals surface area (Å²) in [4.78, 5) is 0. The molecule has 1 atom stereocenters. The first-order valence-electron chi connectivity index (χ1n) is 7.10. The summed E-state index contributed by atoms with van der Waals surface area (Å²) in [6.45, 7) is 5.67. The van der Waals surface area contributed by atoms with Crippen LogP contribution in [0.25, 0.3) is 0 Å². The largest absolute Gasteiger partial charge is 0.378 e. The third-order valence-corrected chi connectivity index (χ3v) is 4.39. The van der Waals surface area contributed by atoms with Gasteiger partial charge >= 0.3 is 0 Å². The minimum atomic E-state index is 0.356. The van der Waals surface area contributed by atoms with Crippen LogP contribution in [0.4, 0.5) is 0 Å². The fourth-order valence-corrected chi connectivity index (χ4v) is 3.46. The molecule has 1 aliphatic heterocycles. The van der Waals surface area contributed by atoms with Crippen molar-refractivity contribution in [3.05, 3.63) is 5.82 Å². The number of hydrogen-bond acceptors (Lipinski definition) is 5. The normalized spacial score (nSPS) is 19.5. The molecule has 0 spiro atoms. The molecule has 0 saturated carbocycles. The van der Waals surface area contributed by atoms with Crippen molar-refractivity contribution in [1.29, 1.82) is 0 Å². The Hall–Kier alpha value is -0.590. The van der Waals surface area contributed by atoms with Gasteiger partial charge in [0.1, 0.15) is 5.82 Å². The molecule has 0 radical (unpaired) electrons. The van der Waals surface area contributed by atoms with Crippen LogP contribution in [0.15, 0.2) is 5.16 Å². The molecule has 2 heterocycles. The predicted octanol–water partition coefficient (Wildman–Crippen LogP) is 2.37. The molecule has 6 heteroatoms. The molecule has 2 N–H and O–H groups in total. The lowest BCUT2D eigenvalue weighted by Crippen LogP contribution is -2.11. The average molecular weight is 284 g/mol. The quantitative estimate of drug-likeness (QED) is 0.615. The number of nitrogens with zero attached hydrogens (tertiary/aromatic N) is 3. The maximum atomic E-state index is 5.69. The third kappa shape index (κ3) is 3.94. The zero-order valence-corrected chi connectivity index (χ0v) is 12.7. The first kappa shape index (κ1) is 14.8. The van der Waals surface area contributed by atoms with Gasteiger partial charge < -0.3 is 15.0 Å². The Labute approximate surface area is 119 Å². The lowest BCUT2D eigenvalue weighted by Gasteiger charge is -2.13. The lowest BCUT2D eigenvalue weighted by atomic mass is 10.1. The maximum Gasteiger partial charge on any atom is 0.191 e. The smallest absolute Gasteiger partial charge is 0.191 e. The summed E-state index contributed by atoms with van der Waals surface area (Å²) in [5.74, 6) is 1.94. The number of hydrogen-bond donors (Lipinski definition) is 1. The second kappa shape index (κ2) is 7.26. The number of nitrogens with two attached hydrogens (primary N) is 1. The number of thioether (sulfide) groups is 1. The van der Waals surface area contributed by atoms with E-state index >= 15 is 0 Å². The van der Waals surface area contributed by atoms with E-state index in [2.05, 4.69) is 28.6 Å². The van der Waals surface area contributed by atoms with Gasteiger partial charge in [-0.1, -0.05) is 11.8 Å². The van der Waals surface area contributed by atoms with Crippen molar-refractivity contribution in [1.82, 2.24) is 14.8 Å². The molecule has 1 unspecified atom stereocenters. The molecule has 1 aromatic heterocycles. The molecule has 0 bridgehead atoms. The summed E-state index contributed by atoms with van der Waals surface area (Å²) in [7, 11) is 0. The van der Waals surface area contributed by atoms with Crippen molar-refractivity contribution < 1.29 is 4.74 Å². The van der Waals surface area contributed by atoms with Crippen molar-refractivity contribution in [3.63, 3.8) is 0 Å². The van der Waals surface area contributed by atoms with E-state index in [1.165, 1.54) is 12.8 Å². The minimum absolute atomic E-state index is 0.356. The van der Waals surface area contributed by atoms with Gasteiger partial charge in [0.15, 0.2) is 5.16 Å². The van der Waals surface area contributed by atoms with E-state index in [-0.39, 0.29) is 0 Å². The molecule has 19 heavy (non-hydrogen) atoms. The molecule has 1 fully saturated rings. The molecular formula is C13H24N4OS.